The molecule has 2 aliphatic rings. The Hall–Kier alpha value is -0.120. The van der Waals surface area contributed by atoms with Gasteiger partial charge >= 0.3 is 0 Å². The zero-order valence-electron chi connectivity index (χ0n) is 11.3. The first-order valence-electron chi connectivity index (χ1n) is 7.45. The van der Waals surface area contributed by atoms with Gasteiger partial charge in [0.2, 0.25) is 0 Å². The molecule has 0 atom stereocenters. The second kappa shape index (κ2) is 6.72. The third-order valence-corrected chi connectivity index (χ3v) is 4.51. The summed E-state index contributed by atoms with van der Waals surface area (Å²) >= 11 is 0. The lowest BCUT2D eigenvalue weighted by Crippen LogP contribution is -2.42. The Balaban J connectivity index is 1.54. The molecule has 2 rings (SSSR count). The summed E-state index contributed by atoms with van der Waals surface area (Å²) < 4.78 is 0. The van der Waals surface area contributed by atoms with Crippen molar-refractivity contribution in [2.45, 2.75) is 57.5 Å². The first-order chi connectivity index (χ1) is 8.24. The van der Waals surface area contributed by atoms with Gasteiger partial charge in [-0.2, -0.15) is 0 Å². The first kappa shape index (κ1) is 13.3. The molecule has 1 saturated carbocycles. The van der Waals surface area contributed by atoms with Gasteiger partial charge in [-0.25, -0.2) is 0 Å². The molecule has 1 aliphatic heterocycles. The van der Waals surface area contributed by atoms with Crippen molar-refractivity contribution in [3.63, 3.8) is 0 Å². The fraction of sp³-hybridized carbons (Fsp3) is 1.00. The van der Waals surface area contributed by atoms with Gasteiger partial charge in [0.15, 0.2) is 0 Å². The number of nitrogens with two attached hydrogens (primary N) is 1. The van der Waals surface area contributed by atoms with Crippen LogP contribution in [0.25, 0.3) is 0 Å². The van der Waals surface area contributed by atoms with E-state index in [4.69, 9.17) is 5.73 Å². The normalized spacial score (nSPS) is 32.8. The Labute approximate surface area is 106 Å². The fourth-order valence-corrected chi connectivity index (χ4v) is 3.04. The van der Waals surface area contributed by atoms with Crippen molar-refractivity contribution in [3.8, 4) is 0 Å². The van der Waals surface area contributed by atoms with Gasteiger partial charge in [0.1, 0.15) is 0 Å². The molecule has 0 amide bonds. The van der Waals surface area contributed by atoms with Crippen molar-refractivity contribution < 1.29 is 0 Å². The van der Waals surface area contributed by atoms with Crippen LogP contribution in [0, 0.1) is 5.92 Å². The van der Waals surface area contributed by atoms with E-state index in [0.717, 1.165) is 18.5 Å². The van der Waals surface area contributed by atoms with E-state index < -0.39 is 0 Å². The quantitative estimate of drug-likeness (QED) is 0.782. The molecule has 0 aromatic rings. The highest BCUT2D eigenvalue weighted by atomic mass is 15.1. The molecule has 0 bridgehead atoms. The molecule has 0 radical (unpaired) electrons. The summed E-state index contributed by atoms with van der Waals surface area (Å²) in [4.78, 5) is 2.61. The van der Waals surface area contributed by atoms with E-state index >= 15 is 0 Å². The number of nitrogens with zero attached hydrogens (tertiary/aromatic N) is 1. The number of nitrogens with one attached hydrogen (secondary N) is 1. The highest BCUT2D eigenvalue weighted by Crippen LogP contribution is 2.17. The predicted molar refractivity (Wildman–Crippen MR) is 73.1 cm³/mol. The summed E-state index contributed by atoms with van der Waals surface area (Å²) in [5.41, 5.74) is 5.92. The number of hydrogen-bond acceptors (Lipinski definition) is 3. The topological polar surface area (TPSA) is 41.3 Å². The maximum atomic E-state index is 5.92. The zero-order valence-corrected chi connectivity index (χ0v) is 11.3. The Bertz CT molecular complexity index is 182. The molecule has 2 fully saturated rings. The lowest BCUT2D eigenvalue weighted by atomic mass is 9.92. The standard InChI is InChI=1S/C14H29N3/c1-12-6-9-17(10-7-12)11-8-16-14-4-2-13(15)3-5-14/h12-14,16H,2-11,15H2,1H3. The van der Waals surface area contributed by atoms with Gasteiger partial charge in [-0.15, -0.1) is 0 Å². The number of rotatable bonds is 4. The van der Waals surface area contributed by atoms with Crippen molar-refractivity contribution in [3.05, 3.63) is 0 Å². The van der Waals surface area contributed by atoms with Gasteiger partial charge in [-0.3, -0.25) is 0 Å². The lowest BCUT2D eigenvalue weighted by molar-refractivity contribution is 0.189. The van der Waals surface area contributed by atoms with Crippen LogP contribution in [0.3, 0.4) is 0 Å². The molecule has 3 nitrogen and oxygen atoms in total. The zero-order chi connectivity index (χ0) is 12.1. The van der Waals surface area contributed by atoms with Gasteiger partial charge in [-0.1, -0.05) is 6.92 Å². The highest BCUT2D eigenvalue weighted by Gasteiger charge is 2.19. The number of hydrogen-bond donors (Lipinski definition) is 2. The van der Waals surface area contributed by atoms with Gasteiger partial charge in [0.05, 0.1) is 0 Å². The minimum atomic E-state index is 0.469. The van der Waals surface area contributed by atoms with E-state index in [-0.39, 0.29) is 0 Å². The smallest absolute Gasteiger partial charge is 0.0107 e. The van der Waals surface area contributed by atoms with Crippen LogP contribution in [0.2, 0.25) is 0 Å². The van der Waals surface area contributed by atoms with Crippen LogP contribution in [0.1, 0.15) is 45.4 Å². The average molecular weight is 239 g/mol. The monoisotopic (exact) mass is 239 g/mol. The molecule has 100 valence electrons. The third kappa shape index (κ3) is 4.57. The average Bonchev–Trinajstić information content (AvgIpc) is 2.34. The van der Waals surface area contributed by atoms with Crippen LogP contribution in [-0.4, -0.2) is 43.2 Å². The molecule has 17 heavy (non-hydrogen) atoms. The fourth-order valence-electron chi connectivity index (χ4n) is 3.04. The van der Waals surface area contributed by atoms with E-state index in [0.29, 0.717) is 6.04 Å². The maximum Gasteiger partial charge on any atom is 0.0107 e. The largest absolute Gasteiger partial charge is 0.328 e. The minimum absolute atomic E-state index is 0.469. The molecule has 3 heteroatoms. The van der Waals surface area contributed by atoms with Crippen molar-refractivity contribution in [2.75, 3.05) is 26.2 Å². The Morgan fingerprint density at radius 1 is 1.06 bits per heavy atom. The Morgan fingerprint density at radius 2 is 1.71 bits per heavy atom. The maximum absolute atomic E-state index is 5.92. The summed E-state index contributed by atoms with van der Waals surface area (Å²) in [5, 5.41) is 3.70. The van der Waals surface area contributed by atoms with Gasteiger partial charge in [0.25, 0.3) is 0 Å². The van der Waals surface area contributed by atoms with Crippen LogP contribution < -0.4 is 11.1 Å². The SMILES string of the molecule is CC1CCN(CCNC2CCC(N)CC2)CC1. The second-order valence-corrected chi connectivity index (χ2v) is 6.09. The Kier molecular flexibility index (Phi) is 5.26. The molecular formula is C14H29N3. The molecule has 0 unspecified atom stereocenters. The van der Waals surface area contributed by atoms with Crippen molar-refractivity contribution in [2.24, 2.45) is 11.7 Å². The molecule has 1 aliphatic carbocycles. The van der Waals surface area contributed by atoms with E-state index in [1.54, 1.807) is 0 Å². The van der Waals surface area contributed by atoms with Gasteiger partial charge < -0.3 is 16.0 Å². The molecule has 1 heterocycles. The summed E-state index contributed by atoms with van der Waals surface area (Å²) in [6.45, 7) is 7.38. The van der Waals surface area contributed by atoms with Crippen LogP contribution in [0.5, 0.6) is 0 Å². The van der Waals surface area contributed by atoms with Crippen LogP contribution in [-0.2, 0) is 0 Å². The van der Waals surface area contributed by atoms with Crippen molar-refractivity contribution in [1.29, 1.82) is 0 Å². The second-order valence-electron chi connectivity index (χ2n) is 6.09. The van der Waals surface area contributed by atoms with E-state index in [2.05, 4.69) is 17.1 Å². The van der Waals surface area contributed by atoms with Crippen molar-refractivity contribution in [1.82, 2.24) is 10.2 Å². The summed E-state index contributed by atoms with van der Waals surface area (Å²) in [6.07, 6.45) is 7.74. The molecule has 0 aromatic heterocycles. The molecule has 1 saturated heterocycles. The molecule has 0 aromatic carbocycles. The third-order valence-electron chi connectivity index (χ3n) is 4.51. The molecular weight excluding hydrogens is 210 g/mol. The molecule has 3 N–H and O–H groups in total. The minimum Gasteiger partial charge on any atom is -0.328 e. The highest BCUT2D eigenvalue weighted by molar-refractivity contribution is 4.79. The number of piperidine rings is 1. The van der Waals surface area contributed by atoms with E-state index in [1.165, 1.54) is 58.2 Å². The predicted octanol–water partition coefficient (Wildman–Crippen LogP) is 1.58. The van der Waals surface area contributed by atoms with Gasteiger partial charge in [-0.05, 0) is 57.5 Å². The van der Waals surface area contributed by atoms with E-state index in [1.807, 2.05) is 0 Å². The van der Waals surface area contributed by atoms with Crippen LogP contribution in [0.4, 0.5) is 0 Å². The molecule has 0 spiro atoms. The summed E-state index contributed by atoms with van der Waals surface area (Å²) in [5.74, 6) is 0.944. The van der Waals surface area contributed by atoms with Crippen LogP contribution in [0.15, 0.2) is 0 Å². The summed E-state index contributed by atoms with van der Waals surface area (Å²) in [7, 11) is 0. The van der Waals surface area contributed by atoms with Crippen LogP contribution >= 0.6 is 0 Å². The lowest BCUT2D eigenvalue weighted by Gasteiger charge is -2.32. The van der Waals surface area contributed by atoms with E-state index in [9.17, 15) is 0 Å². The Morgan fingerprint density at radius 3 is 2.35 bits per heavy atom. The van der Waals surface area contributed by atoms with Gasteiger partial charge in [0, 0.05) is 25.2 Å². The summed E-state index contributed by atoms with van der Waals surface area (Å²) in [6, 6.07) is 1.20. The van der Waals surface area contributed by atoms with Crippen molar-refractivity contribution >= 4 is 0 Å². The number of likely N-dealkylation sites (tertiary alicyclic amines) is 1. The first-order valence-corrected chi connectivity index (χ1v) is 7.45.